The molecule has 1 aromatic carbocycles. The average molecular weight is 294 g/mol. The summed E-state index contributed by atoms with van der Waals surface area (Å²) in [4.78, 5) is 37.4. The lowest BCUT2D eigenvalue weighted by atomic mass is 10.2. The van der Waals surface area contributed by atoms with Crippen molar-refractivity contribution >= 4 is 35.4 Å². The molecule has 1 aliphatic heterocycles. The summed E-state index contributed by atoms with van der Waals surface area (Å²) in [6.45, 7) is 0.324. The number of carboxylic acids is 1. The Morgan fingerprint density at radius 1 is 1.40 bits per heavy atom. The van der Waals surface area contributed by atoms with Crippen LogP contribution in [0.25, 0.3) is 0 Å². The highest BCUT2D eigenvalue weighted by Crippen LogP contribution is 2.22. The van der Waals surface area contributed by atoms with Crippen molar-refractivity contribution in [2.45, 2.75) is 0 Å². The van der Waals surface area contributed by atoms with Crippen molar-refractivity contribution in [3.8, 4) is 0 Å². The number of anilines is 1. The van der Waals surface area contributed by atoms with Crippen molar-refractivity contribution in [1.82, 2.24) is 4.90 Å². The van der Waals surface area contributed by atoms with E-state index in [1.165, 1.54) is 21.9 Å². The molecule has 0 unspecified atom stereocenters. The number of benzene rings is 1. The van der Waals surface area contributed by atoms with Gasteiger partial charge in [-0.1, -0.05) is 6.07 Å². The van der Waals surface area contributed by atoms with E-state index < -0.39 is 12.0 Å². The third kappa shape index (κ3) is 2.77. The molecular weight excluding hydrogens is 280 g/mol. The summed E-state index contributed by atoms with van der Waals surface area (Å²) in [7, 11) is 0. The normalized spacial score (nSPS) is 15.1. The average Bonchev–Trinajstić information content (AvgIpc) is 2.72. The van der Waals surface area contributed by atoms with Gasteiger partial charge in [0, 0.05) is 18.0 Å². The fourth-order valence-corrected chi connectivity index (χ4v) is 2.32. The monoisotopic (exact) mass is 294 g/mol. The predicted molar refractivity (Wildman–Crippen MR) is 76.2 cm³/mol. The first kappa shape index (κ1) is 14.4. The number of thioether (sulfide) groups is 1. The third-order valence-electron chi connectivity index (χ3n) is 2.98. The van der Waals surface area contributed by atoms with Gasteiger partial charge in [0.15, 0.2) is 0 Å². The van der Waals surface area contributed by atoms with Crippen LogP contribution in [-0.2, 0) is 4.79 Å². The summed E-state index contributed by atoms with van der Waals surface area (Å²) >= 11 is 1.55. The minimum absolute atomic E-state index is 0.0454. The van der Waals surface area contributed by atoms with E-state index in [2.05, 4.69) is 0 Å². The number of hydrogen-bond donors (Lipinski definition) is 1. The SMILES string of the molecule is CSCCN1C(=O)CN(c2cccc(C(=O)O)c2)C1=O. The van der Waals surface area contributed by atoms with Crippen LogP contribution >= 0.6 is 11.8 Å². The largest absolute Gasteiger partial charge is 0.478 e. The van der Waals surface area contributed by atoms with Crippen molar-refractivity contribution in [3.05, 3.63) is 29.8 Å². The summed E-state index contributed by atoms with van der Waals surface area (Å²) in [5.74, 6) is -0.644. The quantitative estimate of drug-likeness (QED) is 0.833. The first-order chi connectivity index (χ1) is 9.54. The van der Waals surface area contributed by atoms with Crippen LogP contribution in [0.4, 0.5) is 10.5 Å². The summed E-state index contributed by atoms with van der Waals surface area (Å²) in [6.07, 6.45) is 1.90. The number of amides is 3. The van der Waals surface area contributed by atoms with Gasteiger partial charge in [0.1, 0.15) is 6.54 Å². The molecule has 1 aromatic rings. The van der Waals surface area contributed by atoms with Gasteiger partial charge >= 0.3 is 12.0 Å². The molecule has 0 saturated carbocycles. The van der Waals surface area contributed by atoms with Gasteiger partial charge in [0.2, 0.25) is 0 Å². The van der Waals surface area contributed by atoms with Gasteiger partial charge in [-0.05, 0) is 24.5 Å². The number of nitrogens with zero attached hydrogens (tertiary/aromatic N) is 2. The van der Waals surface area contributed by atoms with Crippen LogP contribution in [-0.4, -0.2) is 53.0 Å². The van der Waals surface area contributed by atoms with Crippen LogP contribution in [0.3, 0.4) is 0 Å². The molecule has 1 fully saturated rings. The second-order valence-corrected chi connectivity index (χ2v) is 5.25. The van der Waals surface area contributed by atoms with E-state index >= 15 is 0 Å². The van der Waals surface area contributed by atoms with E-state index in [4.69, 9.17) is 5.11 Å². The molecule has 0 radical (unpaired) electrons. The molecule has 6 nitrogen and oxygen atoms in total. The maximum Gasteiger partial charge on any atom is 0.335 e. The van der Waals surface area contributed by atoms with Gasteiger partial charge in [0.25, 0.3) is 5.91 Å². The second kappa shape index (κ2) is 5.96. The zero-order chi connectivity index (χ0) is 14.7. The number of hydrogen-bond acceptors (Lipinski definition) is 4. The highest BCUT2D eigenvalue weighted by molar-refractivity contribution is 7.98. The fraction of sp³-hybridized carbons (Fsp3) is 0.308. The number of imide groups is 1. The fourth-order valence-electron chi connectivity index (χ4n) is 1.95. The lowest BCUT2D eigenvalue weighted by Crippen LogP contribution is -2.34. The van der Waals surface area contributed by atoms with Gasteiger partial charge in [-0.3, -0.25) is 14.6 Å². The number of rotatable bonds is 5. The summed E-state index contributed by atoms with van der Waals surface area (Å²) in [5, 5.41) is 8.95. The standard InChI is InChI=1S/C13H14N2O4S/c1-20-6-5-14-11(16)8-15(13(14)19)10-4-2-3-9(7-10)12(17)18/h2-4,7H,5-6,8H2,1H3,(H,17,18). The van der Waals surface area contributed by atoms with Gasteiger partial charge in [-0.25, -0.2) is 9.59 Å². The Kier molecular flexibility index (Phi) is 4.29. The number of carbonyl (C=O) groups is 3. The summed E-state index contributed by atoms with van der Waals surface area (Å²) in [5.41, 5.74) is 0.514. The number of carboxylic acid groups (broad SMARTS) is 1. The predicted octanol–water partition coefficient (Wildman–Crippen LogP) is 1.52. The van der Waals surface area contributed by atoms with E-state index in [-0.39, 0.29) is 18.0 Å². The van der Waals surface area contributed by atoms with E-state index in [9.17, 15) is 14.4 Å². The van der Waals surface area contributed by atoms with Gasteiger partial charge in [0.05, 0.1) is 5.56 Å². The molecule has 0 aliphatic carbocycles. The molecule has 0 spiro atoms. The second-order valence-electron chi connectivity index (χ2n) is 4.26. The molecule has 1 heterocycles. The molecule has 2 rings (SSSR count). The van der Waals surface area contributed by atoms with Crippen LogP contribution < -0.4 is 4.90 Å². The number of aromatic carboxylic acids is 1. The first-order valence-corrected chi connectivity index (χ1v) is 7.38. The zero-order valence-corrected chi connectivity index (χ0v) is 11.7. The molecule has 0 atom stereocenters. The van der Waals surface area contributed by atoms with Crippen molar-refractivity contribution < 1.29 is 19.5 Å². The zero-order valence-electron chi connectivity index (χ0n) is 10.9. The van der Waals surface area contributed by atoms with Crippen LogP contribution in [0.15, 0.2) is 24.3 Å². The third-order valence-corrected chi connectivity index (χ3v) is 3.57. The van der Waals surface area contributed by atoms with Crippen molar-refractivity contribution in [3.63, 3.8) is 0 Å². The van der Waals surface area contributed by atoms with E-state index in [0.29, 0.717) is 18.0 Å². The molecule has 0 bridgehead atoms. The smallest absolute Gasteiger partial charge is 0.335 e. The lowest BCUT2D eigenvalue weighted by Gasteiger charge is -2.17. The lowest BCUT2D eigenvalue weighted by molar-refractivity contribution is -0.124. The van der Waals surface area contributed by atoms with E-state index in [1.807, 2.05) is 6.26 Å². The topological polar surface area (TPSA) is 77.9 Å². The Hall–Kier alpha value is -2.02. The first-order valence-electron chi connectivity index (χ1n) is 5.98. The summed E-state index contributed by atoms with van der Waals surface area (Å²) in [6, 6.07) is 5.62. The van der Waals surface area contributed by atoms with Gasteiger partial charge in [-0.15, -0.1) is 0 Å². The number of carbonyl (C=O) groups excluding carboxylic acids is 2. The molecular formula is C13H14N2O4S. The van der Waals surface area contributed by atoms with Crippen molar-refractivity contribution in [2.75, 3.05) is 30.0 Å². The summed E-state index contributed by atoms with van der Waals surface area (Å²) < 4.78 is 0. The highest BCUT2D eigenvalue weighted by atomic mass is 32.2. The molecule has 1 aliphatic rings. The maximum atomic E-state index is 12.2. The molecule has 0 aromatic heterocycles. The van der Waals surface area contributed by atoms with Gasteiger partial charge < -0.3 is 5.11 Å². The Labute approximate surface area is 120 Å². The minimum atomic E-state index is -1.07. The molecule has 1 N–H and O–H groups in total. The van der Waals surface area contributed by atoms with Crippen LogP contribution in [0, 0.1) is 0 Å². The Morgan fingerprint density at radius 2 is 2.15 bits per heavy atom. The van der Waals surface area contributed by atoms with E-state index in [1.54, 1.807) is 23.9 Å². The van der Waals surface area contributed by atoms with Crippen molar-refractivity contribution in [1.29, 1.82) is 0 Å². The van der Waals surface area contributed by atoms with Crippen LogP contribution in [0.2, 0.25) is 0 Å². The van der Waals surface area contributed by atoms with Crippen LogP contribution in [0.1, 0.15) is 10.4 Å². The van der Waals surface area contributed by atoms with Gasteiger partial charge in [-0.2, -0.15) is 11.8 Å². The Morgan fingerprint density at radius 3 is 2.80 bits per heavy atom. The Bertz CT molecular complexity index is 561. The molecule has 1 saturated heterocycles. The molecule has 7 heteroatoms. The molecule has 106 valence electrons. The Balaban J connectivity index is 2.22. The maximum absolute atomic E-state index is 12.2. The molecule has 3 amide bonds. The molecule has 20 heavy (non-hydrogen) atoms. The van der Waals surface area contributed by atoms with Crippen LogP contribution in [0.5, 0.6) is 0 Å². The minimum Gasteiger partial charge on any atom is -0.478 e. The number of urea groups is 1. The highest BCUT2D eigenvalue weighted by Gasteiger charge is 2.36. The van der Waals surface area contributed by atoms with Crippen molar-refractivity contribution in [2.24, 2.45) is 0 Å². The van der Waals surface area contributed by atoms with E-state index in [0.717, 1.165) is 0 Å².